The quantitative estimate of drug-likeness (QED) is 0.584. The summed E-state index contributed by atoms with van der Waals surface area (Å²) in [5.41, 5.74) is 2.45. The van der Waals surface area contributed by atoms with Gasteiger partial charge in [-0.1, -0.05) is 43.9 Å². The summed E-state index contributed by atoms with van der Waals surface area (Å²) >= 11 is 6.27. The van der Waals surface area contributed by atoms with Gasteiger partial charge in [-0.2, -0.15) is 0 Å². The molecule has 0 bridgehead atoms. The highest BCUT2D eigenvalue weighted by Gasteiger charge is 2.09. The molecule has 1 radical (unpaired) electrons. The number of carbonyl (C=O) groups excluding carboxylic acids is 1. The molecule has 1 aromatic carbocycles. The number of hydrogen-bond acceptors (Lipinski definition) is 2. The number of benzene rings is 1. The Bertz CT molecular complexity index is 377. The molecule has 0 aliphatic carbocycles. The lowest BCUT2D eigenvalue weighted by molar-refractivity contribution is 0.112. The topological polar surface area (TPSA) is 29.1 Å². The molecule has 0 amide bonds. The molecule has 1 rings (SSSR count). The first-order valence-electron chi connectivity index (χ1n) is 5.98. The van der Waals surface area contributed by atoms with Crippen molar-refractivity contribution in [3.8, 4) is 0 Å². The van der Waals surface area contributed by atoms with Gasteiger partial charge >= 0.3 is 0 Å². The molecule has 0 saturated heterocycles. The number of aldehydes is 1. The Hall–Kier alpha value is -1.02. The summed E-state index contributed by atoms with van der Waals surface area (Å²) < 4.78 is 0. The molecule has 0 aliphatic heterocycles. The maximum atomic E-state index is 10.8. The number of hydrogen-bond donors (Lipinski definition) is 1. The van der Waals surface area contributed by atoms with E-state index in [9.17, 15) is 4.79 Å². The third-order valence-electron chi connectivity index (χ3n) is 2.83. The smallest absolute Gasteiger partial charge is 0.152 e. The average molecular weight is 253 g/mol. The molecular formula is C14H19ClNO. The molecule has 3 heteroatoms. The second-order valence-electron chi connectivity index (χ2n) is 4.03. The Balaban J connectivity index is 2.76. The third-order valence-corrected chi connectivity index (χ3v) is 3.26. The summed E-state index contributed by atoms with van der Waals surface area (Å²) in [5.74, 6) is 0. The average Bonchev–Trinajstić information content (AvgIpc) is 2.35. The van der Waals surface area contributed by atoms with Crippen LogP contribution in [0.2, 0.25) is 5.02 Å². The molecule has 0 aromatic heterocycles. The number of aryl methyl sites for hydroxylation is 1. The molecule has 0 fully saturated rings. The Morgan fingerprint density at radius 1 is 1.35 bits per heavy atom. The fourth-order valence-corrected chi connectivity index (χ4v) is 2.21. The molecule has 0 saturated carbocycles. The summed E-state index contributed by atoms with van der Waals surface area (Å²) in [6.07, 6.45) is 6.20. The first kappa shape index (κ1) is 14.0. The van der Waals surface area contributed by atoms with E-state index in [4.69, 9.17) is 11.6 Å². The van der Waals surface area contributed by atoms with E-state index >= 15 is 0 Å². The van der Waals surface area contributed by atoms with E-state index in [0.29, 0.717) is 10.6 Å². The number of halogens is 1. The van der Waals surface area contributed by atoms with Crippen LogP contribution in [0.1, 0.15) is 41.6 Å². The molecule has 2 nitrogen and oxygen atoms in total. The van der Waals surface area contributed by atoms with Crippen molar-refractivity contribution in [2.45, 2.75) is 32.1 Å². The van der Waals surface area contributed by atoms with Crippen LogP contribution in [0.5, 0.6) is 0 Å². The molecule has 0 unspecified atom stereocenters. The van der Waals surface area contributed by atoms with E-state index in [1.54, 1.807) is 7.05 Å². The maximum Gasteiger partial charge on any atom is 0.152 e. The van der Waals surface area contributed by atoms with Crippen molar-refractivity contribution in [2.24, 2.45) is 0 Å². The summed E-state index contributed by atoms with van der Waals surface area (Å²) in [6.45, 7) is 3.82. The van der Waals surface area contributed by atoms with Crippen molar-refractivity contribution >= 4 is 23.6 Å². The zero-order valence-electron chi connectivity index (χ0n) is 10.3. The van der Waals surface area contributed by atoms with Crippen molar-refractivity contribution < 1.29 is 4.79 Å². The highest BCUT2D eigenvalue weighted by molar-refractivity contribution is 6.34. The number of carbonyl (C=O) groups is 1. The van der Waals surface area contributed by atoms with Gasteiger partial charge < -0.3 is 5.32 Å². The fraction of sp³-hybridized carbons (Fsp3) is 0.429. The van der Waals surface area contributed by atoms with Crippen LogP contribution in [-0.2, 0) is 6.42 Å². The number of anilines is 1. The van der Waals surface area contributed by atoms with Crippen LogP contribution in [0.25, 0.3) is 0 Å². The molecular weight excluding hydrogens is 234 g/mol. The lowest BCUT2D eigenvalue weighted by atomic mass is 10.0. The van der Waals surface area contributed by atoms with Crippen molar-refractivity contribution in [1.29, 1.82) is 0 Å². The molecule has 0 atom stereocenters. The molecule has 93 valence electrons. The van der Waals surface area contributed by atoms with Gasteiger partial charge in [0.2, 0.25) is 0 Å². The van der Waals surface area contributed by atoms with Gasteiger partial charge in [0, 0.05) is 12.6 Å². The van der Waals surface area contributed by atoms with Crippen LogP contribution in [0.3, 0.4) is 0 Å². The van der Waals surface area contributed by atoms with E-state index in [1.807, 2.05) is 12.1 Å². The summed E-state index contributed by atoms with van der Waals surface area (Å²) in [5, 5.41) is 3.66. The molecule has 1 aromatic rings. The molecule has 0 heterocycles. The second kappa shape index (κ2) is 7.33. The van der Waals surface area contributed by atoms with Crippen LogP contribution in [0.4, 0.5) is 5.69 Å². The van der Waals surface area contributed by atoms with E-state index in [-0.39, 0.29) is 0 Å². The first-order valence-corrected chi connectivity index (χ1v) is 6.36. The Kier molecular flexibility index (Phi) is 6.06. The second-order valence-corrected chi connectivity index (χ2v) is 4.41. The predicted molar refractivity (Wildman–Crippen MR) is 73.9 cm³/mol. The Morgan fingerprint density at radius 3 is 2.71 bits per heavy atom. The zero-order valence-corrected chi connectivity index (χ0v) is 11.0. The minimum absolute atomic E-state index is 0.610. The maximum absolute atomic E-state index is 10.8. The monoisotopic (exact) mass is 252 g/mol. The largest absolute Gasteiger partial charge is 0.386 e. The molecule has 17 heavy (non-hydrogen) atoms. The minimum atomic E-state index is 0.610. The standard InChI is InChI=1S/C14H19ClNO/c1-3-4-5-6-7-11-8-9-12(10-17)14(16-2)13(11)15/h8-10,16H,1,3-7H2,2H3. The van der Waals surface area contributed by atoms with Gasteiger partial charge in [-0.3, -0.25) is 4.79 Å². The van der Waals surface area contributed by atoms with Gasteiger partial charge in [0.25, 0.3) is 0 Å². The van der Waals surface area contributed by atoms with Crippen LogP contribution < -0.4 is 5.32 Å². The Labute approximate surface area is 108 Å². The van der Waals surface area contributed by atoms with Gasteiger partial charge in [0.1, 0.15) is 0 Å². The molecule has 1 N–H and O–H groups in total. The summed E-state index contributed by atoms with van der Waals surface area (Å²) in [6, 6.07) is 3.76. The van der Waals surface area contributed by atoms with Gasteiger partial charge in [-0.05, 0) is 24.5 Å². The van der Waals surface area contributed by atoms with E-state index in [2.05, 4.69) is 12.2 Å². The predicted octanol–water partition coefficient (Wildman–Crippen LogP) is 4.13. The summed E-state index contributed by atoms with van der Waals surface area (Å²) in [4.78, 5) is 10.8. The third kappa shape index (κ3) is 3.74. The van der Waals surface area contributed by atoms with Crippen LogP contribution in [0.15, 0.2) is 12.1 Å². The fourth-order valence-electron chi connectivity index (χ4n) is 1.85. The summed E-state index contributed by atoms with van der Waals surface area (Å²) in [7, 11) is 1.78. The lowest BCUT2D eigenvalue weighted by Crippen LogP contribution is -1.99. The van der Waals surface area contributed by atoms with E-state index in [1.165, 1.54) is 6.42 Å². The van der Waals surface area contributed by atoms with Crippen LogP contribution in [-0.4, -0.2) is 13.3 Å². The first-order chi connectivity index (χ1) is 8.24. The Morgan fingerprint density at radius 2 is 2.12 bits per heavy atom. The number of rotatable bonds is 7. The van der Waals surface area contributed by atoms with Gasteiger partial charge in [0.15, 0.2) is 6.29 Å². The van der Waals surface area contributed by atoms with Crippen LogP contribution >= 0.6 is 11.6 Å². The highest BCUT2D eigenvalue weighted by atomic mass is 35.5. The molecule has 0 spiro atoms. The van der Waals surface area contributed by atoms with E-state index < -0.39 is 0 Å². The SMILES string of the molecule is [CH2]CCCCCc1ccc(C=O)c(NC)c1Cl. The van der Waals surface area contributed by atoms with Crippen molar-refractivity contribution in [3.63, 3.8) is 0 Å². The zero-order chi connectivity index (χ0) is 12.7. The minimum Gasteiger partial charge on any atom is -0.386 e. The van der Waals surface area contributed by atoms with Crippen molar-refractivity contribution in [1.82, 2.24) is 0 Å². The van der Waals surface area contributed by atoms with Gasteiger partial charge in [0.05, 0.1) is 10.7 Å². The number of nitrogens with one attached hydrogen (secondary N) is 1. The van der Waals surface area contributed by atoms with Gasteiger partial charge in [-0.25, -0.2) is 0 Å². The number of unbranched alkanes of at least 4 members (excludes halogenated alkanes) is 3. The van der Waals surface area contributed by atoms with Crippen molar-refractivity contribution in [2.75, 3.05) is 12.4 Å². The molecule has 0 aliphatic rings. The highest BCUT2D eigenvalue weighted by Crippen LogP contribution is 2.29. The van der Waals surface area contributed by atoms with Crippen molar-refractivity contribution in [3.05, 3.63) is 35.2 Å². The van der Waals surface area contributed by atoms with Crippen LogP contribution in [0, 0.1) is 6.92 Å². The van der Waals surface area contributed by atoms with E-state index in [0.717, 1.165) is 43.2 Å². The normalized spacial score (nSPS) is 10.3. The van der Waals surface area contributed by atoms with Gasteiger partial charge in [-0.15, -0.1) is 0 Å². The lowest BCUT2D eigenvalue weighted by Gasteiger charge is -2.11.